The predicted molar refractivity (Wildman–Crippen MR) is 84.9 cm³/mol. The number of nitrogen functional groups attached to an aromatic ring is 1. The molecule has 20 heavy (non-hydrogen) atoms. The molecule has 4 heteroatoms. The van der Waals surface area contributed by atoms with Crippen LogP contribution in [0.25, 0.3) is 10.9 Å². The number of anilines is 2. The van der Waals surface area contributed by atoms with Gasteiger partial charge < -0.3 is 16.0 Å². The smallest absolute Gasteiger partial charge is 0.0724 e. The van der Waals surface area contributed by atoms with Crippen LogP contribution in [-0.4, -0.2) is 35.6 Å². The van der Waals surface area contributed by atoms with Crippen LogP contribution in [0.1, 0.15) is 19.8 Å². The van der Waals surface area contributed by atoms with E-state index >= 15 is 0 Å². The van der Waals surface area contributed by atoms with Crippen LogP contribution in [0.15, 0.2) is 30.5 Å². The summed E-state index contributed by atoms with van der Waals surface area (Å²) in [5, 5.41) is 4.64. The van der Waals surface area contributed by atoms with Crippen LogP contribution in [0.5, 0.6) is 0 Å². The fraction of sp³-hybridized carbons (Fsp3) is 0.438. The Morgan fingerprint density at radius 2 is 2.30 bits per heavy atom. The van der Waals surface area contributed by atoms with Crippen LogP contribution < -0.4 is 11.1 Å². The van der Waals surface area contributed by atoms with Gasteiger partial charge in [0.05, 0.1) is 16.9 Å². The van der Waals surface area contributed by atoms with Crippen molar-refractivity contribution in [1.29, 1.82) is 0 Å². The van der Waals surface area contributed by atoms with E-state index in [-0.39, 0.29) is 0 Å². The number of nitrogens with zero attached hydrogens (tertiary/aromatic N) is 2. The monoisotopic (exact) mass is 270 g/mol. The van der Waals surface area contributed by atoms with Gasteiger partial charge in [-0.05, 0) is 50.2 Å². The number of aromatic nitrogens is 1. The van der Waals surface area contributed by atoms with Gasteiger partial charge in [-0.1, -0.05) is 6.92 Å². The minimum Gasteiger partial charge on any atom is -0.397 e. The molecule has 0 saturated carbocycles. The van der Waals surface area contributed by atoms with E-state index < -0.39 is 0 Å². The maximum Gasteiger partial charge on any atom is 0.0724 e. The zero-order valence-electron chi connectivity index (χ0n) is 12.0. The Labute approximate surface area is 120 Å². The minimum atomic E-state index is 0.486. The van der Waals surface area contributed by atoms with Gasteiger partial charge >= 0.3 is 0 Å². The summed E-state index contributed by atoms with van der Waals surface area (Å²) < 4.78 is 0. The second kappa shape index (κ2) is 5.67. The van der Waals surface area contributed by atoms with Crippen molar-refractivity contribution in [3.05, 3.63) is 30.5 Å². The summed E-state index contributed by atoms with van der Waals surface area (Å²) in [4.78, 5) is 6.83. The molecule has 1 aromatic heterocycles. The van der Waals surface area contributed by atoms with Crippen molar-refractivity contribution in [2.45, 2.75) is 25.8 Å². The third-order valence-corrected chi connectivity index (χ3v) is 4.14. The number of benzene rings is 1. The number of pyridine rings is 1. The topological polar surface area (TPSA) is 54.2 Å². The molecule has 0 amide bonds. The second-order valence-corrected chi connectivity index (χ2v) is 5.47. The highest BCUT2D eigenvalue weighted by molar-refractivity contribution is 5.96. The number of hydrogen-bond acceptors (Lipinski definition) is 4. The molecular weight excluding hydrogens is 248 g/mol. The highest BCUT2D eigenvalue weighted by Crippen LogP contribution is 2.28. The maximum atomic E-state index is 6.29. The van der Waals surface area contributed by atoms with Gasteiger partial charge in [0.1, 0.15) is 0 Å². The van der Waals surface area contributed by atoms with Gasteiger partial charge in [-0.15, -0.1) is 0 Å². The molecule has 1 fully saturated rings. The molecule has 3 rings (SSSR count). The Bertz CT molecular complexity index is 596. The van der Waals surface area contributed by atoms with Crippen molar-refractivity contribution >= 4 is 22.3 Å². The van der Waals surface area contributed by atoms with E-state index in [0.29, 0.717) is 6.04 Å². The first-order valence-corrected chi connectivity index (χ1v) is 7.40. The number of nitrogens with one attached hydrogen (secondary N) is 1. The number of hydrogen-bond donors (Lipinski definition) is 2. The fourth-order valence-electron chi connectivity index (χ4n) is 2.98. The lowest BCUT2D eigenvalue weighted by molar-refractivity contribution is 0.227. The zero-order chi connectivity index (χ0) is 13.9. The van der Waals surface area contributed by atoms with Crippen molar-refractivity contribution < 1.29 is 0 Å². The normalized spacial score (nSPS) is 20.1. The van der Waals surface area contributed by atoms with Crippen LogP contribution >= 0.6 is 0 Å². The van der Waals surface area contributed by atoms with E-state index in [1.54, 1.807) is 6.20 Å². The highest BCUT2D eigenvalue weighted by atomic mass is 15.2. The van der Waals surface area contributed by atoms with E-state index in [4.69, 9.17) is 5.73 Å². The molecule has 1 aliphatic heterocycles. The van der Waals surface area contributed by atoms with Crippen molar-refractivity contribution in [3.63, 3.8) is 0 Å². The summed E-state index contributed by atoms with van der Waals surface area (Å²) >= 11 is 0. The lowest BCUT2D eigenvalue weighted by Crippen LogP contribution is -2.41. The number of piperidine rings is 1. The molecule has 2 aromatic rings. The van der Waals surface area contributed by atoms with Gasteiger partial charge in [-0.3, -0.25) is 4.98 Å². The van der Waals surface area contributed by atoms with Crippen molar-refractivity contribution in [2.24, 2.45) is 0 Å². The molecule has 0 aliphatic carbocycles. The van der Waals surface area contributed by atoms with Gasteiger partial charge in [0, 0.05) is 24.2 Å². The van der Waals surface area contributed by atoms with E-state index in [9.17, 15) is 0 Å². The summed E-state index contributed by atoms with van der Waals surface area (Å²) in [6.07, 6.45) is 4.26. The molecule has 1 aliphatic rings. The number of rotatable bonds is 3. The SMILES string of the molecule is CCN1CCCC(Nc2ccc3ncccc3c2N)C1. The van der Waals surface area contributed by atoms with Crippen LogP contribution in [-0.2, 0) is 0 Å². The molecule has 3 N–H and O–H groups in total. The molecule has 1 aromatic carbocycles. The molecule has 106 valence electrons. The molecule has 2 heterocycles. The third-order valence-electron chi connectivity index (χ3n) is 4.14. The minimum absolute atomic E-state index is 0.486. The molecule has 1 saturated heterocycles. The summed E-state index contributed by atoms with van der Waals surface area (Å²) in [7, 11) is 0. The first-order chi connectivity index (χ1) is 9.78. The molecule has 1 unspecified atom stereocenters. The Balaban J connectivity index is 1.82. The van der Waals surface area contributed by atoms with Crippen molar-refractivity contribution in [2.75, 3.05) is 30.7 Å². The quantitative estimate of drug-likeness (QED) is 0.842. The van der Waals surface area contributed by atoms with E-state index in [0.717, 1.165) is 35.4 Å². The lowest BCUT2D eigenvalue weighted by atomic mass is 10.0. The number of nitrogens with two attached hydrogens (primary N) is 1. The van der Waals surface area contributed by atoms with Crippen molar-refractivity contribution in [3.8, 4) is 0 Å². The average molecular weight is 270 g/mol. The molecule has 4 nitrogen and oxygen atoms in total. The van der Waals surface area contributed by atoms with Gasteiger partial charge in [0.2, 0.25) is 0 Å². The van der Waals surface area contributed by atoms with E-state index in [2.05, 4.69) is 28.2 Å². The molecule has 1 atom stereocenters. The summed E-state index contributed by atoms with van der Waals surface area (Å²) in [6.45, 7) is 5.65. The molecular formula is C16H22N4. The highest BCUT2D eigenvalue weighted by Gasteiger charge is 2.19. The van der Waals surface area contributed by atoms with Gasteiger partial charge in [0.15, 0.2) is 0 Å². The summed E-state index contributed by atoms with van der Waals surface area (Å²) in [5.74, 6) is 0. The van der Waals surface area contributed by atoms with Crippen LogP contribution in [0.3, 0.4) is 0 Å². The predicted octanol–water partition coefficient (Wildman–Crippen LogP) is 2.71. The Kier molecular flexibility index (Phi) is 3.74. The largest absolute Gasteiger partial charge is 0.397 e. The Hall–Kier alpha value is -1.81. The fourth-order valence-corrected chi connectivity index (χ4v) is 2.98. The summed E-state index contributed by atoms with van der Waals surface area (Å²) in [6, 6.07) is 8.54. The van der Waals surface area contributed by atoms with Gasteiger partial charge in [-0.25, -0.2) is 0 Å². The molecule has 0 radical (unpaired) electrons. The number of fused-ring (bicyclic) bond motifs is 1. The second-order valence-electron chi connectivity index (χ2n) is 5.47. The maximum absolute atomic E-state index is 6.29. The zero-order valence-corrected chi connectivity index (χ0v) is 12.0. The van der Waals surface area contributed by atoms with Crippen LogP contribution in [0.2, 0.25) is 0 Å². The van der Waals surface area contributed by atoms with E-state index in [1.807, 2.05) is 18.2 Å². The number of likely N-dealkylation sites (tertiary alicyclic amines) is 1. The average Bonchev–Trinajstić information content (AvgIpc) is 2.50. The molecule has 0 spiro atoms. The standard InChI is InChI=1S/C16H22N4/c1-2-20-10-4-5-12(11-20)19-15-8-7-14-13(16(15)17)6-3-9-18-14/h3,6-9,12,19H,2,4-5,10-11,17H2,1H3. The van der Waals surface area contributed by atoms with Gasteiger partial charge in [0.25, 0.3) is 0 Å². The van der Waals surface area contributed by atoms with Gasteiger partial charge in [-0.2, -0.15) is 0 Å². The third kappa shape index (κ3) is 2.56. The Morgan fingerprint density at radius 3 is 3.15 bits per heavy atom. The number of likely N-dealkylation sites (N-methyl/N-ethyl adjacent to an activating group) is 1. The first kappa shape index (κ1) is 13.2. The van der Waals surface area contributed by atoms with Crippen molar-refractivity contribution in [1.82, 2.24) is 9.88 Å². The first-order valence-electron chi connectivity index (χ1n) is 7.40. The summed E-state index contributed by atoms with van der Waals surface area (Å²) in [5.41, 5.74) is 9.09. The van der Waals surface area contributed by atoms with E-state index in [1.165, 1.54) is 19.4 Å². The van der Waals surface area contributed by atoms with Crippen LogP contribution in [0.4, 0.5) is 11.4 Å². The Morgan fingerprint density at radius 1 is 1.40 bits per heavy atom. The van der Waals surface area contributed by atoms with Crippen LogP contribution in [0, 0.1) is 0 Å². The lowest BCUT2D eigenvalue weighted by Gasteiger charge is -2.33. The molecule has 0 bridgehead atoms.